The molecule has 0 amide bonds. The molecule has 1 rings (SSSR count). The van der Waals surface area contributed by atoms with Gasteiger partial charge in [-0.25, -0.2) is 0 Å². The van der Waals surface area contributed by atoms with Crippen LogP contribution in [0.4, 0.5) is 5.69 Å². The lowest BCUT2D eigenvalue weighted by molar-refractivity contribution is 0.500. The second-order valence-electron chi connectivity index (χ2n) is 3.84. The first-order valence-corrected chi connectivity index (χ1v) is 5.39. The van der Waals surface area contributed by atoms with Crippen molar-refractivity contribution in [1.29, 1.82) is 0 Å². The highest BCUT2D eigenvalue weighted by atomic mass is 32.2. The van der Waals surface area contributed by atoms with Gasteiger partial charge in [-0.1, -0.05) is 12.1 Å². The Balaban J connectivity index is 3.26. The number of anilines is 1. The van der Waals surface area contributed by atoms with Crippen LogP contribution >= 0.6 is 0 Å². The zero-order valence-corrected chi connectivity index (χ0v) is 9.35. The summed E-state index contributed by atoms with van der Waals surface area (Å²) in [5.41, 5.74) is 7.98. The highest BCUT2D eigenvalue weighted by molar-refractivity contribution is 7.80. The fraction of sp³-hybridized carbons (Fsp3) is 0.400. The molecule has 0 fully saturated rings. The van der Waals surface area contributed by atoms with E-state index in [1.54, 1.807) is 26.0 Å². The van der Waals surface area contributed by atoms with Crippen LogP contribution in [0, 0.1) is 6.92 Å². The Labute approximate surface area is 86.6 Å². The maximum absolute atomic E-state index is 11.0. The molecular weight excluding hydrogens is 198 g/mol. The number of nitrogens with two attached hydrogens (primary N) is 1. The van der Waals surface area contributed by atoms with E-state index in [2.05, 4.69) is 0 Å². The van der Waals surface area contributed by atoms with Gasteiger partial charge in [-0.05, 0) is 49.0 Å². The average Bonchev–Trinajstić information content (AvgIpc) is 2.02. The smallest absolute Gasteiger partial charge is 0.0539 e. The van der Waals surface area contributed by atoms with E-state index in [0.29, 0.717) is 11.3 Å². The van der Waals surface area contributed by atoms with E-state index in [4.69, 9.17) is 5.73 Å². The van der Waals surface area contributed by atoms with Crippen LogP contribution in [0.1, 0.15) is 25.0 Å². The molecule has 0 aliphatic rings. The third-order valence-corrected chi connectivity index (χ3v) is 3.33. The first-order valence-electron chi connectivity index (χ1n) is 4.31. The van der Waals surface area contributed by atoms with Gasteiger partial charge in [0.1, 0.15) is 0 Å². The number of benzene rings is 1. The Bertz CT molecular complexity index is 374. The van der Waals surface area contributed by atoms with Gasteiger partial charge in [0.15, 0.2) is 0 Å². The van der Waals surface area contributed by atoms with Crippen molar-refractivity contribution in [3.63, 3.8) is 0 Å². The molecule has 1 aromatic rings. The topological polar surface area (TPSA) is 66.1 Å². The summed E-state index contributed by atoms with van der Waals surface area (Å²) in [6, 6.07) is 5.41. The summed E-state index contributed by atoms with van der Waals surface area (Å²) in [6.45, 7) is 5.19. The van der Waals surface area contributed by atoms with Crippen LogP contribution in [-0.4, -0.2) is 8.76 Å². The largest absolute Gasteiger partial charge is 0.772 e. The van der Waals surface area contributed by atoms with Gasteiger partial charge < -0.3 is 10.3 Å². The quantitative estimate of drug-likeness (QED) is 0.599. The molecule has 0 spiro atoms. The lowest BCUT2D eigenvalue weighted by atomic mass is 9.99. The number of hydrogen-bond donors (Lipinski definition) is 1. The van der Waals surface area contributed by atoms with Crippen LogP contribution in [0.25, 0.3) is 0 Å². The molecule has 0 heterocycles. The van der Waals surface area contributed by atoms with Crippen molar-refractivity contribution in [2.45, 2.75) is 25.5 Å². The molecule has 0 aliphatic carbocycles. The zero-order valence-electron chi connectivity index (χ0n) is 8.53. The van der Waals surface area contributed by atoms with E-state index in [-0.39, 0.29) is 0 Å². The van der Waals surface area contributed by atoms with Crippen molar-refractivity contribution in [1.82, 2.24) is 0 Å². The summed E-state index contributed by atoms with van der Waals surface area (Å²) < 4.78 is 21.1. The van der Waals surface area contributed by atoms with Crippen LogP contribution in [0.15, 0.2) is 18.2 Å². The van der Waals surface area contributed by atoms with Crippen LogP contribution < -0.4 is 5.73 Å². The Morgan fingerprint density at radius 2 is 2.00 bits per heavy atom. The van der Waals surface area contributed by atoms with Crippen molar-refractivity contribution < 1.29 is 8.76 Å². The third kappa shape index (κ3) is 1.96. The predicted octanol–water partition coefficient (Wildman–Crippen LogP) is 1.69. The summed E-state index contributed by atoms with van der Waals surface area (Å²) >= 11 is -2.17. The molecule has 0 saturated heterocycles. The minimum absolute atomic E-state index is 0.527. The molecule has 0 bridgehead atoms. The second kappa shape index (κ2) is 3.71. The molecule has 0 aliphatic heterocycles. The van der Waals surface area contributed by atoms with Gasteiger partial charge in [0.2, 0.25) is 0 Å². The first-order chi connectivity index (χ1) is 6.35. The monoisotopic (exact) mass is 212 g/mol. The van der Waals surface area contributed by atoms with Gasteiger partial charge >= 0.3 is 0 Å². The molecule has 2 N–H and O–H groups in total. The molecule has 0 saturated carbocycles. The van der Waals surface area contributed by atoms with E-state index in [0.717, 1.165) is 5.56 Å². The number of nitrogen functional groups attached to an aromatic ring is 1. The molecule has 3 nitrogen and oxygen atoms in total. The van der Waals surface area contributed by atoms with Crippen LogP contribution in [-0.2, 0) is 15.8 Å². The van der Waals surface area contributed by atoms with Gasteiger partial charge in [-0.3, -0.25) is 4.21 Å². The fourth-order valence-corrected chi connectivity index (χ4v) is 1.69. The van der Waals surface area contributed by atoms with E-state index in [1.807, 2.05) is 13.0 Å². The van der Waals surface area contributed by atoms with E-state index < -0.39 is 15.8 Å². The zero-order chi connectivity index (χ0) is 10.9. The van der Waals surface area contributed by atoms with E-state index in [9.17, 15) is 8.76 Å². The van der Waals surface area contributed by atoms with Crippen LogP contribution in [0.3, 0.4) is 0 Å². The summed E-state index contributed by atoms with van der Waals surface area (Å²) in [4.78, 5) is 0. The number of hydrogen-bond acceptors (Lipinski definition) is 3. The normalized spacial score (nSPS) is 14.0. The lowest BCUT2D eigenvalue weighted by Gasteiger charge is -2.29. The molecule has 1 aromatic carbocycles. The standard InChI is InChI=1S/C10H15NO2S/c1-7-4-5-8(9(11)6-7)10(2,3)14(12)13/h4-6H,11H2,1-3H3,(H,12,13)/p-1. The minimum Gasteiger partial charge on any atom is -0.772 e. The molecule has 0 aromatic heterocycles. The number of aryl methyl sites for hydroxylation is 1. The SMILES string of the molecule is Cc1ccc(C(C)(C)S(=O)[O-])c(N)c1. The molecule has 78 valence electrons. The van der Waals surface area contributed by atoms with Crippen LogP contribution in [0.2, 0.25) is 0 Å². The minimum atomic E-state index is -2.17. The third-order valence-electron chi connectivity index (χ3n) is 2.27. The van der Waals surface area contributed by atoms with E-state index >= 15 is 0 Å². The first kappa shape index (κ1) is 11.2. The Hall–Kier alpha value is -0.870. The van der Waals surface area contributed by atoms with Crippen molar-refractivity contribution >= 4 is 16.8 Å². The maximum atomic E-state index is 11.0. The highest BCUT2D eigenvalue weighted by Crippen LogP contribution is 2.31. The molecular formula is C10H14NO2S-. The van der Waals surface area contributed by atoms with Gasteiger partial charge in [0.25, 0.3) is 0 Å². The fourth-order valence-electron chi connectivity index (χ4n) is 1.32. The summed E-state index contributed by atoms with van der Waals surface area (Å²) in [5.74, 6) is 0. The van der Waals surface area contributed by atoms with Crippen molar-refractivity contribution in [3.05, 3.63) is 29.3 Å². The summed E-state index contributed by atoms with van der Waals surface area (Å²) in [7, 11) is 0. The Morgan fingerprint density at radius 3 is 2.43 bits per heavy atom. The van der Waals surface area contributed by atoms with Gasteiger partial charge in [0.05, 0.1) is 4.75 Å². The van der Waals surface area contributed by atoms with Crippen molar-refractivity contribution in [3.8, 4) is 0 Å². The lowest BCUT2D eigenvalue weighted by Crippen LogP contribution is -2.24. The Morgan fingerprint density at radius 1 is 1.43 bits per heavy atom. The predicted molar refractivity (Wildman–Crippen MR) is 57.5 cm³/mol. The van der Waals surface area contributed by atoms with Crippen LogP contribution in [0.5, 0.6) is 0 Å². The molecule has 14 heavy (non-hydrogen) atoms. The van der Waals surface area contributed by atoms with Gasteiger partial charge in [-0.15, -0.1) is 0 Å². The van der Waals surface area contributed by atoms with Crippen molar-refractivity contribution in [2.75, 3.05) is 5.73 Å². The Kier molecular flexibility index (Phi) is 2.97. The van der Waals surface area contributed by atoms with Gasteiger partial charge in [-0.2, -0.15) is 0 Å². The maximum Gasteiger partial charge on any atom is 0.0539 e. The number of rotatable bonds is 2. The highest BCUT2D eigenvalue weighted by Gasteiger charge is 2.23. The summed E-state index contributed by atoms with van der Waals surface area (Å²) in [5, 5.41) is 0. The van der Waals surface area contributed by atoms with Crippen molar-refractivity contribution in [2.24, 2.45) is 0 Å². The summed E-state index contributed by atoms with van der Waals surface area (Å²) in [6.07, 6.45) is 0. The molecule has 4 heteroatoms. The molecule has 0 radical (unpaired) electrons. The van der Waals surface area contributed by atoms with Gasteiger partial charge in [0, 0.05) is 5.69 Å². The second-order valence-corrected chi connectivity index (χ2v) is 5.33. The average molecular weight is 212 g/mol. The van der Waals surface area contributed by atoms with E-state index in [1.165, 1.54) is 0 Å². The molecule has 1 unspecified atom stereocenters. The molecule has 1 atom stereocenters.